The molecule has 0 atom stereocenters. The molecule has 1 N–H and O–H groups in total. The number of aryl methyl sites for hydroxylation is 1. The fraction of sp³-hybridized carbons (Fsp3) is 0.583. The van der Waals surface area contributed by atoms with Gasteiger partial charge in [-0.25, -0.2) is 4.98 Å². The van der Waals surface area contributed by atoms with Crippen molar-refractivity contribution in [3.8, 4) is 0 Å². The minimum atomic E-state index is 0.653. The molecule has 0 aromatic carbocycles. The molecular formula is C12H20N6. The Bertz CT molecular complexity index is 484. The quantitative estimate of drug-likeness (QED) is 0.821. The largest absolute Gasteiger partial charge is 0.311 e. The van der Waals surface area contributed by atoms with E-state index in [0.29, 0.717) is 12.5 Å². The van der Waals surface area contributed by atoms with Crippen molar-refractivity contribution in [2.45, 2.75) is 26.9 Å². The molecule has 2 rings (SSSR count). The van der Waals surface area contributed by atoms with Crippen molar-refractivity contribution in [3.05, 3.63) is 30.1 Å². The summed E-state index contributed by atoms with van der Waals surface area (Å²) in [6, 6.07) is 2.03. The minimum Gasteiger partial charge on any atom is -0.311 e. The van der Waals surface area contributed by atoms with E-state index in [9.17, 15) is 0 Å². The standard InChI is InChI=1S/C12H20N6/c1-10(2)6-13-7-11-4-5-18(16-11)8-12-14-9-15-17(12)3/h4-5,9-10,13H,6-8H2,1-3H3. The first-order chi connectivity index (χ1) is 8.65. The van der Waals surface area contributed by atoms with Crippen LogP contribution in [0, 0.1) is 5.92 Å². The summed E-state index contributed by atoms with van der Waals surface area (Å²) in [5, 5.41) is 11.9. The number of nitrogens with zero attached hydrogens (tertiary/aromatic N) is 5. The Morgan fingerprint density at radius 1 is 1.39 bits per heavy atom. The highest BCUT2D eigenvalue weighted by atomic mass is 15.4. The highest BCUT2D eigenvalue weighted by Crippen LogP contribution is 2.00. The molecule has 0 bridgehead atoms. The van der Waals surface area contributed by atoms with E-state index in [1.807, 2.05) is 24.0 Å². The van der Waals surface area contributed by atoms with Gasteiger partial charge in [0.25, 0.3) is 0 Å². The van der Waals surface area contributed by atoms with E-state index in [4.69, 9.17) is 0 Å². The second-order valence-electron chi connectivity index (χ2n) is 4.83. The zero-order chi connectivity index (χ0) is 13.0. The summed E-state index contributed by atoms with van der Waals surface area (Å²) in [7, 11) is 1.89. The molecule has 0 spiro atoms. The molecule has 0 aliphatic carbocycles. The number of rotatable bonds is 6. The summed E-state index contributed by atoms with van der Waals surface area (Å²) < 4.78 is 3.65. The first kappa shape index (κ1) is 12.8. The number of nitrogens with one attached hydrogen (secondary N) is 1. The summed E-state index contributed by atoms with van der Waals surface area (Å²) >= 11 is 0. The van der Waals surface area contributed by atoms with Gasteiger partial charge in [0.2, 0.25) is 0 Å². The molecular weight excluding hydrogens is 228 g/mol. The van der Waals surface area contributed by atoms with Crippen LogP contribution < -0.4 is 5.32 Å². The van der Waals surface area contributed by atoms with E-state index >= 15 is 0 Å². The molecule has 18 heavy (non-hydrogen) atoms. The molecule has 0 saturated carbocycles. The van der Waals surface area contributed by atoms with Gasteiger partial charge in [-0.05, 0) is 18.5 Å². The fourth-order valence-electron chi connectivity index (χ4n) is 1.68. The molecule has 0 saturated heterocycles. The van der Waals surface area contributed by atoms with E-state index in [-0.39, 0.29) is 0 Å². The Labute approximate surface area is 107 Å². The van der Waals surface area contributed by atoms with Gasteiger partial charge in [0.05, 0.1) is 5.69 Å². The summed E-state index contributed by atoms with van der Waals surface area (Å²) in [6.45, 7) is 6.86. The topological polar surface area (TPSA) is 60.6 Å². The van der Waals surface area contributed by atoms with Crippen LogP contribution >= 0.6 is 0 Å². The first-order valence-corrected chi connectivity index (χ1v) is 6.21. The van der Waals surface area contributed by atoms with Crippen LogP contribution in [0.15, 0.2) is 18.6 Å². The third-order valence-electron chi connectivity index (χ3n) is 2.66. The van der Waals surface area contributed by atoms with Crippen LogP contribution in [0.4, 0.5) is 0 Å². The number of hydrogen-bond donors (Lipinski definition) is 1. The Morgan fingerprint density at radius 3 is 2.89 bits per heavy atom. The summed E-state index contributed by atoms with van der Waals surface area (Å²) in [5.74, 6) is 1.56. The molecule has 2 aromatic rings. The fourth-order valence-corrected chi connectivity index (χ4v) is 1.68. The Morgan fingerprint density at radius 2 is 2.22 bits per heavy atom. The van der Waals surface area contributed by atoms with E-state index in [1.54, 1.807) is 11.0 Å². The summed E-state index contributed by atoms with van der Waals surface area (Å²) in [5.41, 5.74) is 1.05. The lowest BCUT2D eigenvalue weighted by atomic mass is 10.2. The molecule has 6 nitrogen and oxygen atoms in total. The van der Waals surface area contributed by atoms with Gasteiger partial charge >= 0.3 is 0 Å². The molecule has 0 fully saturated rings. The maximum Gasteiger partial charge on any atom is 0.148 e. The highest BCUT2D eigenvalue weighted by Gasteiger charge is 2.04. The van der Waals surface area contributed by atoms with Crippen molar-refractivity contribution >= 4 is 0 Å². The Hall–Kier alpha value is -1.69. The lowest BCUT2D eigenvalue weighted by molar-refractivity contribution is 0.540. The average Bonchev–Trinajstić information content (AvgIpc) is 2.90. The van der Waals surface area contributed by atoms with Crippen LogP contribution in [0.25, 0.3) is 0 Å². The smallest absolute Gasteiger partial charge is 0.148 e. The molecule has 0 radical (unpaired) electrons. The van der Waals surface area contributed by atoms with Gasteiger partial charge in [0.15, 0.2) is 0 Å². The second kappa shape index (κ2) is 5.77. The lowest BCUT2D eigenvalue weighted by Crippen LogP contribution is -2.19. The normalized spacial score (nSPS) is 11.3. The summed E-state index contributed by atoms with van der Waals surface area (Å²) in [6.07, 6.45) is 3.53. The van der Waals surface area contributed by atoms with E-state index in [0.717, 1.165) is 24.6 Å². The van der Waals surface area contributed by atoms with Crippen LogP contribution in [0.1, 0.15) is 25.4 Å². The van der Waals surface area contributed by atoms with Crippen molar-refractivity contribution < 1.29 is 0 Å². The monoisotopic (exact) mass is 248 g/mol. The SMILES string of the molecule is CC(C)CNCc1ccn(Cc2ncnn2C)n1. The van der Waals surface area contributed by atoms with Crippen molar-refractivity contribution in [1.29, 1.82) is 0 Å². The van der Waals surface area contributed by atoms with Crippen LogP contribution in [-0.2, 0) is 20.1 Å². The first-order valence-electron chi connectivity index (χ1n) is 6.21. The zero-order valence-corrected chi connectivity index (χ0v) is 11.2. The van der Waals surface area contributed by atoms with E-state index < -0.39 is 0 Å². The van der Waals surface area contributed by atoms with Gasteiger partial charge in [-0.1, -0.05) is 13.8 Å². The maximum absolute atomic E-state index is 4.50. The van der Waals surface area contributed by atoms with Gasteiger partial charge < -0.3 is 5.32 Å². The number of aromatic nitrogens is 5. The molecule has 98 valence electrons. The van der Waals surface area contributed by atoms with Crippen molar-refractivity contribution in [2.75, 3.05) is 6.54 Å². The Kier molecular flexibility index (Phi) is 4.09. The van der Waals surface area contributed by atoms with Gasteiger partial charge in [0, 0.05) is 19.8 Å². The third kappa shape index (κ3) is 3.40. The summed E-state index contributed by atoms with van der Waals surface area (Å²) in [4.78, 5) is 4.18. The van der Waals surface area contributed by atoms with Crippen molar-refractivity contribution in [3.63, 3.8) is 0 Å². The lowest BCUT2D eigenvalue weighted by Gasteiger charge is -2.05. The van der Waals surface area contributed by atoms with E-state index in [2.05, 4.69) is 34.3 Å². The molecule has 2 heterocycles. The average molecular weight is 248 g/mol. The third-order valence-corrected chi connectivity index (χ3v) is 2.66. The Balaban J connectivity index is 1.88. The highest BCUT2D eigenvalue weighted by molar-refractivity contribution is 4.99. The van der Waals surface area contributed by atoms with Gasteiger partial charge in [0.1, 0.15) is 18.7 Å². The number of hydrogen-bond acceptors (Lipinski definition) is 4. The maximum atomic E-state index is 4.50. The van der Waals surface area contributed by atoms with Crippen LogP contribution in [0.5, 0.6) is 0 Å². The van der Waals surface area contributed by atoms with Crippen molar-refractivity contribution in [1.82, 2.24) is 29.9 Å². The predicted octanol–water partition coefficient (Wildman–Crippen LogP) is 0.805. The molecule has 6 heteroatoms. The van der Waals surface area contributed by atoms with Gasteiger partial charge in [-0.15, -0.1) is 0 Å². The van der Waals surface area contributed by atoms with Gasteiger partial charge in [-0.2, -0.15) is 10.2 Å². The van der Waals surface area contributed by atoms with Crippen molar-refractivity contribution in [2.24, 2.45) is 13.0 Å². The molecule has 0 unspecified atom stereocenters. The molecule has 0 aliphatic rings. The zero-order valence-electron chi connectivity index (χ0n) is 11.2. The predicted molar refractivity (Wildman–Crippen MR) is 68.9 cm³/mol. The molecule has 0 amide bonds. The molecule has 2 aromatic heterocycles. The van der Waals surface area contributed by atoms with Gasteiger partial charge in [-0.3, -0.25) is 9.36 Å². The van der Waals surface area contributed by atoms with Crippen LogP contribution in [-0.4, -0.2) is 31.1 Å². The van der Waals surface area contributed by atoms with E-state index in [1.165, 1.54) is 0 Å². The van der Waals surface area contributed by atoms with Crippen LogP contribution in [0.2, 0.25) is 0 Å². The second-order valence-corrected chi connectivity index (χ2v) is 4.83. The minimum absolute atomic E-state index is 0.653. The molecule has 0 aliphatic heterocycles. The van der Waals surface area contributed by atoms with Crippen LogP contribution in [0.3, 0.4) is 0 Å².